The third-order valence-electron chi connectivity index (χ3n) is 5.00. The Hall–Kier alpha value is -1.06. The zero-order valence-electron chi connectivity index (χ0n) is 13.2. The van der Waals surface area contributed by atoms with Crippen molar-refractivity contribution in [1.29, 1.82) is 0 Å². The molecule has 0 bridgehead atoms. The molecule has 0 aromatic heterocycles. The lowest BCUT2D eigenvalue weighted by atomic mass is 9.85. The van der Waals surface area contributed by atoms with Crippen LogP contribution >= 0.6 is 0 Å². The van der Waals surface area contributed by atoms with Crippen LogP contribution in [-0.4, -0.2) is 37.7 Å². The van der Waals surface area contributed by atoms with Gasteiger partial charge in [0.25, 0.3) is 0 Å². The van der Waals surface area contributed by atoms with Crippen LogP contribution in [0.3, 0.4) is 0 Å². The van der Waals surface area contributed by atoms with Crippen molar-refractivity contribution in [3.05, 3.63) is 29.8 Å². The van der Waals surface area contributed by atoms with Crippen LogP contribution in [-0.2, 0) is 6.54 Å². The Labute approximate surface area is 128 Å². The van der Waals surface area contributed by atoms with Gasteiger partial charge < -0.3 is 10.1 Å². The number of rotatable bonds is 5. The van der Waals surface area contributed by atoms with E-state index in [1.165, 1.54) is 44.3 Å². The first-order chi connectivity index (χ1) is 10.3. The summed E-state index contributed by atoms with van der Waals surface area (Å²) in [6.07, 6.45) is 5.54. The Morgan fingerprint density at radius 3 is 2.86 bits per heavy atom. The van der Waals surface area contributed by atoms with Crippen LogP contribution in [0.4, 0.5) is 0 Å². The van der Waals surface area contributed by atoms with Crippen molar-refractivity contribution in [2.24, 2.45) is 5.41 Å². The normalized spacial score (nSPS) is 21.6. The van der Waals surface area contributed by atoms with E-state index < -0.39 is 0 Å². The van der Waals surface area contributed by atoms with Crippen LogP contribution in [0.5, 0.6) is 5.75 Å². The summed E-state index contributed by atoms with van der Waals surface area (Å²) in [5.41, 5.74) is 1.82. The fraction of sp³-hybridized carbons (Fsp3) is 0.667. The summed E-state index contributed by atoms with van der Waals surface area (Å²) >= 11 is 0. The molecule has 1 aliphatic heterocycles. The van der Waals surface area contributed by atoms with Gasteiger partial charge >= 0.3 is 0 Å². The smallest absolute Gasteiger partial charge is 0.123 e. The number of fused-ring (bicyclic) bond motifs is 1. The molecule has 1 aliphatic carbocycles. The molecule has 21 heavy (non-hydrogen) atoms. The molecule has 2 aliphatic rings. The molecule has 0 amide bonds. The first-order valence-corrected chi connectivity index (χ1v) is 8.45. The van der Waals surface area contributed by atoms with Crippen molar-refractivity contribution in [2.75, 3.05) is 32.8 Å². The lowest BCUT2D eigenvalue weighted by Crippen LogP contribution is -2.43. The van der Waals surface area contributed by atoms with Crippen molar-refractivity contribution in [2.45, 2.75) is 39.2 Å². The fourth-order valence-corrected chi connectivity index (χ4v) is 3.90. The van der Waals surface area contributed by atoms with Gasteiger partial charge in [0.1, 0.15) is 12.4 Å². The molecular weight excluding hydrogens is 260 g/mol. The first-order valence-electron chi connectivity index (χ1n) is 8.45. The Morgan fingerprint density at radius 1 is 1.24 bits per heavy atom. The molecule has 3 heteroatoms. The predicted octanol–water partition coefficient (Wildman–Crippen LogP) is 3.05. The summed E-state index contributed by atoms with van der Waals surface area (Å²) in [6, 6.07) is 8.50. The minimum Gasteiger partial charge on any atom is -0.492 e. The number of nitrogens with zero attached hydrogens (tertiary/aromatic N) is 1. The number of benzene rings is 1. The van der Waals surface area contributed by atoms with E-state index in [-0.39, 0.29) is 0 Å². The summed E-state index contributed by atoms with van der Waals surface area (Å²) in [5.74, 6) is 1.08. The van der Waals surface area contributed by atoms with Gasteiger partial charge in [-0.25, -0.2) is 0 Å². The van der Waals surface area contributed by atoms with Crippen molar-refractivity contribution < 1.29 is 4.74 Å². The molecule has 0 atom stereocenters. The molecule has 1 N–H and O–H groups in total. The van der Waals surface area contributed by atoms with Gasteiger partial charge in [0.2, 0.25) is 0 Å². The van der Waals surface area contributed by atoms with Gasteiger partial charge in [-0.1, -0.05) is 38.0 Å². The minimum absolute atomic E-state index is 0.481. The van der Waals surface area contributed by atoms with Gasteiger partial charge in [-0.2, -0.15) is 0 Å². The molecule has 3 rings (SSSR count). The van der Waals surface area contributed by atoms with Gasteiger partial charge in [-0.15, -0.1) is 0 Å². The molecule has 0 radical (unpaired) electrons. The second-order valence-corrected chi connectivity index (χ2v) is 6.65. The highest BCUT2D eigenvalue weighted by atomic mass is 16.5. The zero-order valence-corrected chi connectivity index (χ0v) is 13.2. The third kappa shape index (κ3) is 3.58. The average molecular weight is 288 g/mol. The van der Waals surface area contributed by atoms with E-state index in [1.807, 2.05) is 0 Å². The molecule has 1 aromatic carbocycles. The van der Waals surface area contributed by atoms with Crippen LogP contribution in [0.25, 0.3) is 0 Å². The van der Waals surface area contributed by atoms with Gasteiger partial charge in [0.05, 0.1) is 0 Å². The standard InChI is InChI=1S/C18H28N2O/c1-2-19-14-18(9-5-6-10-18)15-20-11-12-21-17-8-4-3-7-16(17)13-20/h3-4,7-8,19H,2,5-6,9-15H2,1H3. The molecule has 1 heterocycles. The fourth-order valence-electron chi connectivity index (χ4n) is 3.90. The summed E-state index contributed by atoms with van der Waals surface area (Å²) in [4.78, 5) is 2.61. The van der Waals surface area contributed by atoms with Crippen LogP contribution in [0, 0.1) is 5.41 Å². The Bertz CT molecular complexity index is 454. The Balaban J connectivity index is 1.68. The van der Waals surface area contributed by atoms with E-state index in [1.54, 1.807) is 0 Å². The number of ether oxygens (including phenoxy) is 1. The summed E-state index contributed by atoms with van der Waals surface area (Å²) in [7, 11) is 0. The lowest BCUT2D eigenvalue weighted by molar-refractivity contribution is 0.134. The minimum atomic E-state index is 0.481. The molecule has 116 valence electrons. The van der Waals surface area contributed by atoms with E-state index in [4.69, 9.17) is 4.74 Å². The molecule has 0 spiro atoms. The highest BCUT2D eigenvalue weighted by molar-refractivity contribution is 5.33. The SMILES string of the molecule is CCNCC1(CN2CCOc3ccccc3C2)CCCC1. The number of para-hydroxylation sites is 1. The van der Waals surface area contributed by atoms with Gasteiger partial charge in [-0.05, 0) is 30.9 Å². The maximum atomic E-state index is 5.90. The average Bonchev–Trinajstić information content (AvgIpc) is 2.85. The van der Waals surface area contributed by atoms with Crippen molar-refractivity contribution in [1.82, 2.24) is 10.2 Å². The molecule has 1 saturated carbocycles. The monoisotopic (exact) mass is 288 g/mol. The Kier molecular flexibility index (Phi) is 4.81. The molecule has 0 unspecified atom stereocenters. The third-order valence-corrected chi connectivity index (χ3v) is 5.00. The zero-order chi connectivity index (χ0) is 14.5. The summed E-state index contributed by atoms with van der Waals surface area (Å²) in [5, 5.41) is 3.60. The highest BCUT2D eigenvalue weighted by Gasteiger charge is 2.35. The first kappa shape index (κ1) is 14.9. The second-order valence-electron chi connectivity index (χ2n) is 6.65. The summed E-state index contributed by atoms with van der Waals surface area (Å²) < 4.78 is 5.90. The molecule has 0 saturated heterocycles. The van der Waals surface area contributed by atoms with E-state index in [9.17, 15) is 0 Å². The highest BCUT2D eigenvalue weighted by Crippen LogP contribution is 2.39. The van der Waals surface area contributed by atoms with Crippen LogP contribution in [0.1, 0.15) is 38.2 Å². The van der Waals surface area contributed by atoms with Gasteiger partial charge in [0, 0.05) is 31.7 Å². The van der Waals surface area contributed by atoms with Crippen molar-refractivity contribution in [3.63, 3.8) is 0 Å². The van der Waals surface area contributed by atoms with E-state index in [0.717, 1.165) is 32.0 Å². The number of nitrogens with one attached hydrogen (secondary N) is 1. The maximum Gasteiger partial charge on any atom is 0.123 e. The summed E-state index contributed by atoms with van der Waals surface area (Å²) in [6.45, 7) is 8.55. The Morgan fingerprint density at radius 2 is 2.05 bits per heavy atom. The predicted molar refractivity (Wildman–Crippen MR) is 86.7 cm³/mol. The second kappa shape index (κ2) is 6.80. The van der Waals surface area contributed by atoms with E-state index >= 15 is 0 Å². The number of hydrogen-bond donors (Lipinski definition) is 1. The van der Waals surface area contributed by atoms with Crippen LogP contribution < -0.4 is 10.1 Å². The van der Waals surface area contributed by atoms with E-state index in [0.29, 0.717) is 5.41 Å². The van der Waals surface area contributed by atoms with Crippen molar-refractivity contribution >= 4 is 0 Å². The van der Waals surface area contributed by atoms with Crippen molar-refractivity contribution in [3.8, 4) is 5.75 Å². The van der Waals surface area contributed by atoms with Gasteiger partial charge in [-0.3, -0.25) is 4.90 Å². The molecule has 3 nitrogen and oxygen atoms in total. The largest absolute Gasteiger partial charge is 0.492 e. The quantitative estimate of drug-likeness (QED) is 0.901. The lowest BCUT2D eigenvalue weighted by Gasteiger charge is -2.35. The van der Waals surface area contributed by atoms with E-state index in [2.05, 4.69) is 41.4 Å². The topological polar surface area (TPSA) is 24.5 Å². The molecular formula is C18H28N2O. The maximum absolute atomic E-state index is 5.90. The molecule has 1 fully saturated rings. The number of hydrogen-bond acceptors (Lipinski definition) is 3. The van der Waals surface area contributed by atoms with Crippen LogP contribution in [0.15, 0.2) is 24.3 Å². The van der Waals surface area contributed by atoms with Gasteiger partial charge in [0.15, 0.2) is 0 Å². The molecule has 1 aromatic rings. The van der Waals surface area contributed by atoms with Crippen LogP contribution in [0.2, 0.25) is 0 Å².